The zero-order valence-electron chi connectivity index (χ0n) is 31.2. The molecule has 0 radical (unpaired) electrons. The van der Waals surface area contributed by atoms with E-state index in [4.69, 9.17) is 21.6 Å². The largest absolute Gasteiger partial charge is 0.392 e. The van der Waals surface area contributed by atoms with E-state index in [1.807, 2.05) is 60.5 Å². The Balaban J connectivity index is 1.06. The summed E-state index contributed by atoms with van der Waals surface area (Å²) >= 11 is 7.02. The normalized spacial score (nSPS) is 18.5. The summed E-state index contributed by atoms with van der Waals surface area (Å²) in [5.74, 6) is 0.130. The molecule has 1 saturated carbocycles. The number of anilines is 2. The van der Waals surface area contributed by atoms with Crippen LogP contribution < -0.4 is 10.6 Å². The monoisotopic (exact) mass is 726 g/mol. The van der Waals surface area contributed by atoms with E-state index < -0.39 is 6.10 Å². The molecule has 2 aliphatic heterocycles. The molecule has 11 nitrogen and oxygen atoms in total. The van der Waals surface area contributed by atoms with Crippen molar-refractivity contribution in [3.05, 3.63) is 81.4 Å². The highest BCUT2D eigenvalue weighted by atomic mass is 35.5. The van der Waals surface area contributed by atoms with Crippen LogP contribution in [0.3, 0.4) is 0 Å². The topological polar surface area (TPSA) is 121 Å². The Morgan fingerprint density at radius 1 is 0.885 bits per heavy atom. The number of halogens is 1. The summed E-state index contributed by atoms with van der Waals surface area (Å²) < 4.78 is 3.81. The number of amides is 2. The van der Waals surface area contributed by atoms with Crippen LogP contribution in [0.2, 0.25) is 5.02 Å². The average molecular weight is 727 g/mol. The highest BCUT2D eigenvalue weighted by molar-refractivity contribution is 6.36. The predicted molar refractivity (Wildman–Crippen MR) is 205 cm³/mol. The van der Waals surface area contributed by atoms with Crippen molar-refractivity contribution in [2.24, 2.45) is 19.5 Å². The third kappa shape index (κ3) is 7.16. The number of fused-ring (bicyclic) bond motifs is 2. The molecule has 12 heteroatoms. The maximum absolute atomic E-state index is 13.7. The molecule has 3 aliphatic rings. The number of aromatic nitrogens is 4. The van der Waals surface area contributed by atoms with E-state index in [2.05, 4.69) is 34.3 Å². The molecule has 3 N–H and O–H groups in total. The molecule has 2 aromatic heterocycles. The van der Waals surface area contributed by atoms with Crippen LogP contribution >= 0.6 is 11.6 Å². The van der Waals surface area contributed by atoms with Crippen LogP contribution in [0, 0.1) is 12.3 Å². The van der Waals surface area contributed by atoms with Crippen LogP contribution in [-0.2, 0) is 40.0 Å². The number of hydrogen-bond acceptors (Lipinski definition) is 7. The number of carbonyl (C=O) groups excluding carboxylic acids is 2. The fourth-order valence-corrected chi connectivity index (χ4v) is 8.66. The standard InChI is InChI=1S/C40H51ClN8O3/c1-24(50)21-48-19-15-33-31(22-48)42-36(46(33)5)38(51)44-29-11-7-9-27(25(29)2)28-10-8-12-30(35(28)41)45-39(52)37-43-32-23-49(20-16-34(32)47(37)6)26-13-17-40(3,4)18-14-26/h7-12,24,26,50H,13-23H2,1-6H3,(H,44,51)(H,45,52). The van der Waals surface area contributed by atoms with Gasteiger partial charge in [0.25, 0.3) is 11.8 Å². The van der Waals surface area contributed by atoms with Gasteiger partial charge in [-0.1, -0.05) is 49.7 Å². The van der Waals surface area contributed by atoms with Crippen molar-refractivity contribution in [3.63, 3.8) is 0 Å². The minimum atomic E-state index is -0.425. The Bertz CT molecular complexity index is 2000. The van der Waals surface area contributed by atoms with Gasteiger partial charge >= 0.3 is 0 Å². The first-order chi connectivity index (χ1) is 24.8. The maximum Gasteiger partial charge on any atom is 0.291 e. The van der Waals surface area contributed by atoms with Crippen molar-refractivity contribution in [3.8, 4) is 11.1 Å². The van der Waals surface area contributed by atoms with Crippen LogP contribution in [0.1, 0.15) is 96.0 Å². The summed E-state index contributed by atoms with van der Waals surface area (Å²) in [5.41, 5.74) is 8.00. The molecular weight excluding hydrogens is 676 g/mol. The molecule has 2 amide bonds. The van der Waals surface area contributed by atoms with Crippen LogP contribution in [0.25, 0.3) is 11.1 Å². The quantitative estimate of drug-likeness (QED) is 0.194. The van der Waals surface area contributed by atoms with Gasteiger partial charge in [-0.2, -0.15) is 0 Å². The zero-order chi connectivity index (χ0) is 36.9. The number of rotatable bonds is 8. The molecule has 4 heterocycles. The number of hydrogen-bond donors (Lipinski definition) is 3. The summed E-state index contributed by atoms with van der Waals surface area (Å²) in [6.45, 7) is 12.2. The fraction of sp³-hybridized carbons (Fsp3) is 0.500. The van der Waals surface area contributed by atoms with Gasteiger partial charge in [-0.3, -0.25) is 19.4 Å². The third-order valence-electron chi connectivity index (χ3n) is 11.5. The second-order valence-electron chi connectivity index (χ2n) is 15.8. The van der Waals surface area contributed by atoms with Crippen molar-refractivity contribution in [1.29, 1.82) is 0 Å². The van der Waals surface area contributed by atoms with Crippen LogP contribution in [0.5, 0.6) is 0 Å². The lowest BCUT2D eigenvalue weighted by molar-refractivity contribution is 0.0948. The molecule has 4 aromatic rings. The van der Waals surface area contributed by atoms with Gasteiger partial charge in [0.15, 0.2) is 11.6 Å². The number of β-amino-alcohol motifs (C(OH)–C–C–N with tert-alkyl or cyclic N) is 1. The number of aliphatic hydroxyl groups excluding tert-OH is 1. The van der Waals surface area contributed by atoms with Crippen molar-refractivity contribution in [2.75, 3.05) is 30.3 Å². The van der Waals surface area contributed by atoms with Crippen molar-refractivity contribution < 1.29 is 14.7 Å². The summed E-state index contributed by atoms with van der Waals surface area (Å²) in [4.78, 5) is 41.6. The van der Waals surface area contributed by atoms with Gasteiger partial charge in [0.1, 0.15) is 0 Å². The Morgan fingerprint density at radius 2 is 1.44 bits per heavy atom. The Kier molecular flexibility index (Phi) is 10.1. The minimum absolute atomic E-state index is 0.296. The predicted octanol–water partition coefficient (Wildman–Crippen LogP) is 6.35. The smallest absolute Gasteiger partial charge is 0.291 e. The molecule has 276 valence electrons. The molecule has 52 heavy (non-hydrogen) atoms. The van der Waals surface area contributed by atoms with Gasteiger partial charge in [-0.05, 0) is 68.2 Å². The SMILES string of the molecule is Cc1c(NC(=O)c2nc3c(n2C)CCN(CC(C)O)C3)cccc1-c1cccc(NC(=O)c2nc3c(n2C)CCN(C2CCC(C)(C)CC2)C3)c1Cl. The highest BCUT2D eigenvalue weighted by Gasteiger charge is 2.34. The number of nitrogens with one attached hydrogen (secondary N) is 2. The van der Waals surface area contributed by atoms with Crippen molar-refractivity contribution in [2.45, 2.75) is 91.5 Å². The lowest BCUT2D eigenvalue weighted by Gasteiger charge is -2.41. The van der Waals surface area contributed by atoms with Crippen LogP contribution in [0.4, 0.5) is 11.4 Å². The number of aliphatic hydroxyl groups is 1. The van der Waals surface area contributed by atoms with Gasteiger partial charge in [-0.15, -0.1) is 0 Å². The third-order valence-corrected chi connectivity index (χ3v) is 11.9. The van der Waals surface area contributed by atoms with Crippen molar-refractivity contribution in [1.82, 2.24) is 28.9 Å². The average Bonchev–Trinajstić information content (AvgIpc) is 3.62. The molecule has 0 saturated heterocycles. The zero-order valence-corrected chi connectivity index (χ0v) is 32.0. The fourth-order valence-electron chi connectivity index (χ4n) is 8.38. The summed E-state index contributed by atoms with van der Waals surface area (Å²) in [6.07, 6.45) is 6.12. The summed E-state index contributed by atoms with van der Waals surface area (Å²) in [5, 5.41) is 16.4. The lowest BCUT2D eigenvalue weighted by atomic mass is 9.75. The van der Waals surface area contributed by atoms with E-state index in [0.29, 0.717) is 52.6 Å². The molecule has 1 fully saturated rings. The number of benzene rings is 2. The van der Waals surface area contributed by atoms with Crippen LogP contribution in [0.15, 0.2) is 36.4 Å². The lowest BCUT2D eigenvalue weighted by Crippen LogP contribution is -2.42. The Labute approximate surface area is 311 Å². The number of carbonyl (C=O) groups is 2. The second-order valence-corrected chi connectivity index (χ2v) is 16.2. The molecule has 1 atom stereocenters. The van der Waals surface area contributed by atoms with Gasteiger partial charge in [0, 0.05) is 88.3 Å². The molecule has 2 aromatic carbocycles. The van der Waals surface area contributed by atoms with Gasteiger partial charge in [0.2, 0.25) is 0 Å². The summed E-state index contributed by atoms with van der Waals surface area (Å²) in [7, 11) is 3.80. The second kappa shape index (κ2) is 14.4. The summed E-state index contributed by atoms with van der Waals surface area (Å²) in [6, 6.07) is 11.9. The van der Waals surface area contributed by atoms with Crippen molar-refractivity contribution >= 4 is 34.8 Å². The Hall–Kier alpha value is -4.03. The van der Waals surface area contributed by atoms with Gasteiger partial charge in [-0.25, -0.2) is 9.97 Å². The molecule has 0 bridgehead atoms. The number of imidazole rings is 2. The van der Waals surface area contributed by atoms with E-state index in [0.717, 1.165) is 71.9 Å². The van der Waals surface area contributed by atoms with E-state index in [1.54, 1.807) is 13.0 Å². The first-order valence-electron chi connectivity index (χ1n) is 18.5. The molecule has 0 spiro atoms. The maximum atomic E-state index is 13.7. The highest BCUT2D eigenvalue weighted by Crippen LogP contribution is 2.39. The molecule has 7 rings (SSSR count). The molecular formula is C40H51ClN8O3. The molecule has 1 unspecified atom stereocenters. The van der Waals surface area contributed by atoms with E-state index in [1.165, 1.54) is 25.7 Å². The number of nitrogens with zero attached hydrogens (tertiary/aromatic N) is 6. The molecule has 1 aliphatic carbocycles. The van der Waals surface area contributed by atoms with E-state index in [9.17, 15) is 14.7 Å². The van der Waals surface area contributed by atoms with Gasteiger partial charge in [0.05, 0.1) is 28.2 Å². The van der Waals surface area contributed by atoms with Crippen LogP contribution in [-0.4, -0.2) is 77.6 Å². The Morgan fingerprint density at radius 3 is 2.08 bits per heavy atom. The first kappa shape index (κ1) is 36.3. The van der Waals surface area contributed by atoms with Gasteiger partial charge < -0.3 is 24.9 Å². The van der Waals surface area contributed by atoms with E-state index >= 15 is 0 Å². The first-order valence-corrected chi connectivity index (χ1v) is 18.9. The van der Waals surface area contributed by atoms with E-state index in [-0.39, 0.29) is 11.8 Å². The minimum Gasteiger partial charge on any atom is -0.392 e.